The molecule has 1 saturated carbocycles. The summed E-state index contributed by atoms with van der Waals surface area (Å²) < 4.78 is 6.48. The van der Waals surface area contributed by atoms with Gasteiger partial charge in [0.15, 0.2) is 0 Å². The number of carbonyl (C=O) groups excluding carboxylic acids is 3. The van der Waals surface area contributed by atoms with E-state index in [1.807, 2.05) is 60.7 Å². The quantitative estimate of drug-likeness (QED) is 0.421. The number of benzene rings is 2. The summed E-state index contributed by atoms with van der Waals surface area (Å²) in [6, 6.07) is 14.6. The number of rotatable bonds is 8. The summed E-state index contributed by atoms with van der Waals surface area (Å²) in [7, 11) is 0. The van der Waals surface area contributed by atoms with Gasteiger partial charge < -0.3 is 20.3 Å². The maximum atomic E-state index is 14.2. The molecule has 0 radical (unpaired) electrons. The molecule has 3 heterocycles. The summed E-state index contributed by atoms with van der Waals surface area (Å²) in [5.74, 6) is -1.82. The number of ether oxygens (including phenoxy) is 1. The number of fused-ring (bicyclic) bond motifs is 1. The monoisotopic (exact) mass is 575 g/mol. The molecular formula is C33H38ClN3O4. The Morgan fingerprint density at radius 1 is 1.05 bits per heavy atom. The summed E-state index contributed by atoms with van der Waals surface area (Å²) in [6.07, 6.45) is 8.85. The van der Waals surface area contributed by atoms with E-state index in [-0.39, 0.29) is 23.8 Å². The van der Waals surface area contributed by atoms with Gasteiger partial charge in [-0.05, 0) is 54.5 Å². The SMILES string of the molecule is CC(C)c1ccc(NC(=O)[C@@H]2[C@H]3C=C[C@@]4(O3)[C@H]2C(=O)N(CCc2ccccc2Cl)[C@@H]4C(=O)NC2CCCCC2)cc1. The third-order valence-corrected chi connectivity index (χ3v) is 9.67. The number of likely N-dealkylation sites (tertiary alicyclic amines) is 1. The van der Waals surface area contributed by atoms with Crippen LogP contribution in [-0.2, 0) is 25.5 Å². The standard InChI is InChI=1S/C33H38ClN3O4/c1-20(2)21-12-14-24(15-13-21)35-30(38)27-26-16-18-33(41-26)28(27)32(40)37(19-17-22-8-6-7-11-25(22)34)29(33)31(39)36-23-9-4-3-5-10-23/h6-8,11-16,18,20,23,26-29H,3-5,9-10,17,19H2,1-2H3,(H,35,38)(H,36,39)/t26-,27-,28-,29-,33-/m1/s1. The van der Waals surface area contributed by atoms with Crippen molar-refractivity contribution in [2.75, 3.05) is 11.9 Å². The third-order valence-electron chi connectivity index (χ3n) is 9.30. The molecule has 4 aliphatic rings. The zero-order chi connectivity index (χ0) is 28.7. The lowest BCUT2D eigenvalue weighted by Gasteiger charge is -2.34. The highest BCUT2D eigenvalue weighted by Gasteiger charge is 2.72. The van der Waals surface area contributed by atoms with Crippen molar-refractivity contribution in [1.82, 2.24) is 10.2 Å². The van der Waals surface area contributed by atoms with Gasteiger partial charge in [0.25, 0.3) is 0 Å². The van der Waals surface area contributed by atoms with E-state index in [9.17, 15) is 14.4 Å². The fourth-order valence-electron chi connectivity index (χ4n) is 7.15. The average molecular weight is 576 g/mol. The number of carbonyl (C=O) groups is 3. The number of amides is 3. The second-order valence-electron chi connectivity index (χ2n) is 12.2. The van der Waals surface area contributed by atoms with Crippen LogP contribution in [0.1, 0.15) is 63.0 Å². The third kappa shape index (κ3) is 5.08. The van der Waals surface area contributed by atoms with Crippen molar-refractivity contribution in [3.8, 4) is 0 Å². The Hall–Kier alpha value is -3.16. The van der Waals surface area contributed by atoms with Gasteiger partial charge in [-0.25, -0.2) is 0 Å². The molecule has 2 bridgehead atoms. The smallest absolute Gasteiger partial charge is 0.246 e. The first kappa shape index (κ1) is 28.0. The molecule has 216 valence electrons. The van der Waals surface area contributed by atoms with E-state index in [0.717, 1.165) is 31.2 Å². The maximum Gasteiger partial charge on any atom is 0.246 e. The Bertz CT molecular complexity index is 1350. The van der Waals surface area contributed by atoms with Gasteiger partial charge in [0.05, 0.1) is 17.9 Å². The predicted octanol–water partition coefficient (Wildman–Crippen LogP) is 5.24. The van der Waals surface area contributed by atoms with E-state index in [2.05, 4.69) is 24.5 Å². The molecule has 2 aromatic carbocycles. The van der Waals surface area contributed by atoms with E-state index in [0.29, 0.717) is 29.6 Å². The van der Waals surface area contributed by atoms with Gasteiger partial charge in [-0.1, -0.05) is 87.2 Å². The van der Waals surface area contributed by atoms with Crippen molar-refractivity contribution >= 4 is 35.0 Å². The number of halogens is 1. The Kier molecular flexibility index (Phi) is 7.68. The van der Waals surface area contributed by atoms with Crippen LogP contribution in [0.2, 0.25) is 5.02 Å². The summed E-state index contributed by atoms with van der Waals surface area (Å²) in [6.45, 7) is 4.54. The van der Waals surface area contributed by atoms with Crippen molar-refractivity contribution < 1.29 is 19.1 Å². The van der Waals surface area contributed by atoms with Crippen LogP contribution in [0.5, 0.6) is 0 Å². The fourth-order valence-corrected chi connectivity index (χ4v) is 7.38. The summed E-state index contributed by atoms with van der Waals surface area (Å²) in [5.41, 5.74) is 1.58. The van der Waals surface area contributed by atoms with E-state index >= 15 is 0 Å². The van der Waals surface area contributed by atoms with E-state index in [4.69, 9.17) is 16.3 Å². The first-order chi connectivity index (χ1) is 19.8. The van der Waals surface area contributed by atoms with Crippen LogP contribution in [0.25, 0.3) is 0 Å². The molecule has 0 unspecified atom stereocenters. The molecule has 5 atom stereocenters. The number of nitrogens with one attached hydrogen (secondary N) is 2. The molecule has 3 aliphatic heterocycles. The van der Waals surface area contributed by atoms with Crippen LogP contribution in [0, 0.1) is 11.8 Å². The zero-order valence-electron chi connectivity index (χ0n) is 23.6. The Balaban J connectivity index is 1.28. The molecule has 3 amide bonds. The first-order valence-corrected chi connectivity index (χ1v) is 15.3. The van der Waals surface area contributed by atoms with Gasteiger partial charge in [0, 0.05) is 23.3 Å². The number of nitrogens with zero attached hydrogens (tertiary/aromatic N) is 1. The van der Waals surface area contributed by atoms with E-state index in [1.165, 1.54) is 12.0 Å². The second kappa shape index (κ2) is 11.3. The highest BCUT2D eigenvalue weighted by Crippen LogP contribution is 2.55. The lowest BCUT2D eigenvalue weighted by atomic mass is 9.74. The molecule has 2 N–H and O–H groups in total. The highest BCUT2D eigenvalue weighted by atomic mass is 35.5. The molecule has 1 spiro atoms. The Morgan fingerprint density at radius 3 is 2.49 bits per heavy atom. The molecule has 7 nitrogen and oxygen atoms in total. The number of hydrogen-bond acceptors (Lipinski definition) is 4. The van der Waals surface area contributed by atoms with Crippen molar-refractivity contribution in [1.29, 1.82) is 0 Å². The first-order valence-electron chi connectivity index (χ1n) is 14.9. The van der Waals surface area contributed by atoms with Crippen molar-refractivity contribution in [3.05, 3.63) is 76.8 Å². The van der Waals surface area contributed by atoms with Gasteiger partial charge in [0.1, 0.15) is 11.6 Å². The molecule has 6 rings (SSSR count). The van der Waals surface area contributed by atoms with Crippen LogP contribution in [0.4, 0.5) is 5.69 Å². The van der Waals surface area contributed by atoms with Crippen LogP contribution in [0.3, 0.4) is 0 Å². The highest BCUT2D eigenvalue weighted by molar-refractivity contribution is 6.31. The Labute approximate surface area is 246 Å². The van der Waals surface area contributed by atoms with Gasteiger partial charge in [-0.15, -0.1) is 0 Å². The van der Waals surface area contributed by atoms with Gasteiger partial charge in [-0.2, -0.15) is 0 Å². The number of anilines is 1. The molecule has 8 heteroatoms. The Morgan fingerprint density at radius 2 is 1.78 bits per heavy atom. The fraction of sp³-hybridized carbons (Fsp3) is 0.485. The summed E-state index contributed by atoms with van der Waals surface area (Å²) in [4.78, 5) is 43.5. The van der Waals surface area contributed by atoms with Gasteiger partial charge in [-0.3, -0.25) is 14.4 Å². The molecule has 3 fully saturated rings. The van der Waals surface area contributed by atoms with Gasteiger partial charge >= 0.3 is 0 Å². The number of hydrogen-bond donors (Lipinski definition) is 2. The van der Waals surface area contributed by atoms with E-state index < -0.39 is 29.6 Å². The van der Waals surface area contributed by atoms with Crippen LogP contribution in [-0.4, -0.2) is 53.0 Å². The molecular weight excluding hydrogens is 538 g/mol. The van der Waals surface area contributed by atoms with Crippen molar-refractivity contribution in [2.45, 2.75) is 82.1 Å². The minimum absolute atomic E-state index is 0.0858. The summed E-state index contributed by atoms with van der Waals surface area (Å²) >= 11 is 6.43. The van der Waals surface area contributed by atoms with E-state index in [1.54, 1.807) is 4.90 Å². The van der Waals surface area contributed by atoms with Crippen molar-refractivity contribution in [2.24, 2.45) is 11.8 Å². The predicted molar refractivity (Wildman–Crippen MR) is 159 cm³/mol. The molecule has 0 aromatic heterocycles. The normalized spacial score (nSPS) is 28.8. The van der Waals surface area contributed by atoms with Gasteiger partial charge in [0.2, 0.25) is 17.7 Å². The lowest BCUT2D eigenvalue weighted by molar-refractivity contribution is -0.141. The second-order valence-corrected chi connectivity index (χ2v) is 12.6. The molecule has 2 saturated heterocycles. The molecule has 41 heavy (non-hydrogen) atoms. The average Bonchev–Trinajstić information content (AvgIpc) is 3.60. The maximum absolute atomic E-state index is 14.2. The van der Waals surface area contributed by atoms with Crippen LogP contribution < -0.4 is 10.6 Å². The topological polar surface area (TPSA) is 87.7 Å². The minimum Gasteiger partial charge on any atom is -0.359 e. The van der Waals surface area contributed by atoms with Crippen LogP contribution in [0.15, 0.2) is 60.7 Å². The molecule has 1 aliphatic carbocycles. The minimum atomic E-state index is -1.18. The van der Waals surface area contributed by atoms with Crippen LogP contribution >= 0.6 is 11.6 Å². The molecule has 2 aromatic rings. The summed E-state index contributed by atoms with van der Waals surface area (Å²) in [5, 5.41) is 6.87. The zero-order valence-corrected chi connectivity index (χ0v) is 24.4. The lowest BCUT2D eigenvalue weighted by Crippen LogP contribution is -2.56. The van der Waals surface area contributed by atoms with Crippen molar-refractivity contribution in [3.63, 3.8) is 0 Å². The largest absolute Gasteiger partial charge is 0.359 e.